The Kier molecular flexibility index (Phi) is 14.8. The molecule has 1 spiro atoms. The molecule has 2 fully saturated rings. The Bertz CT molecular complexity index is 1270. The maximum absolute atomic E-state index is 13.7. The molecule has 4 rings (SSSR count). The second kappa shape index (κ2) is 17.0. The van der Waals surface area contributed by atoms with Crippen LogP contribution in [0.2, 0.25) is 0 Å². The number of carboxylic acid groups (broad SMARTS) is 3. The molecule has 0 bridgehead atoms. The van der Waals surface area contributed by atoms with E-state index < -0.39 is 42.3 Å². The summed E-state index contributed by atoms with van der Waals surface area (Å²) in [5.74, 6) is -8.62. The maximum Gasteiger partial charge on any atom is 0.490 e. The van der Waals surface area contributed by atoms with E-state index in [1.165, 1.54) is 6.07 Å². The third-order valence-electron chi connectivity index (χ3n) is 6.00. The van der Waals surface area contributed by atoms with Crippen molar-refractivity contribution in [3.63, 3.8) is 0 Å². The SMILES string of the molecule is Cc1cccc(CN2CCC3(CC2)CC(Oc2ncccc2F)CO3)n1.O=C(O)C(F)(F)F.O=C(O)C(F)(F)F.O=C(O)C(F)(F)F. The van der Waals surface area contributed by atoms with Gasteiger partial charge in [0.2, 0.25) is 0 Å². The van der Waals surface area contributed by atoms with Crippen LogP contribution < -0.4 is 4.74 Å². The van der Waals surface area contributed by atoms with Gasteiger partial charge < -0.3 is 24.8 Å². The van der Waals surface area contributed by atoms with E-state index in [4.69, 9.17) is 39.2 Å². The van der Waals surface area contributed by atoms with Gasteiger partial charge in [-0.25, -0.2) is 23.8 Å². The number of ether oxygens (including phenoxy) is 2. The standard InChI is InChI=1S/C20H24FN3O2.3C2HF3O2/c1-15-4-2-5-16(23-15)13-24-10-7-20(8-11-24)12-17(14-25-20)26-19-18(21)6-3-9-22-19;3*3-2(4,5)1(6)7/h2-6,9,17H,7-8,10-14H2,1H3;3*(H,6,7). The lowest BCUT2D eigenvalue weighted by Crippen LogP contribution is -2.44. The van der Waals surface area contributed by atoms with E-state index in [2.05, 4.69) is 27.0 Å². The number of aliphatic carboxylic acids is 3. The minimum absolute atomic E-state index is 0.0705. The van der Waals surface area contributed by atoms with Crippen LogP contribution >= 0.6 is 0 Å². The molecule has 2 aromatic heterocycles. The summed E-state index contributed by atoms with van der Waals surface area (Å²) >= 11 is 0. The van der Waals surface area contributed by atoms with E-state index in [9.17, 15) is 43.9 Å². The van der Waals surface area contributed by atoms with Crippen LogP contribution in [-0.4, -0.2) is 98.0 Å². The number of pyridine rings is 2. The zero-order valence-electron chi connectivity index (χ0n) is 24.0. The molecule has 4 heterocycles. The van der Waals surface area contributed by atoms with Gasteiger partial charge in [0.05, 0.1) is 17.9 Å². The van der Waals surface area contributed by atoms with E-state index >= 15 is 0 Å². The van der Waals surface area contributed by atoms with Gasteiger partial charge in [-0.1, -0.05) is 6.07 Å². The molecule has 0 saturated carbocycles. The Balaban J connectivity index is 0.000000430. The Morgan fingerprint density at radius 2 is 1.38 bits per heavy atom. The zero-order valence-corrected chi connectivity index (χ0v) is 24.0. The van der Waals surface area contributed by atoms with E-state index in [1.807, 2.05) is 13.0 Å². The molecule has 0 amide bonds. The molecule has 2 aliphatic heterocycles. The largest absolute Gasteiger partial charge is 0.490 e. The third kappa shape index (κ3) is 15.2. The molecule has 11 nitrogen and oxygen atoms in total. The number of nitrogens with zero attached hydrogens (tertiary/aromatic N) is 3. The quantitative estimate of drug-likeness (QED) is 0.368. The average molecular weight is 699 g/mol. The highest BCUT2D eigenvalue weighted by Gasteiger charge is 2.44. The molecule has 264 valence electrons. The van der Waals surface area contributed by atoms with Crippen molar-refractivity contribution in [1.29, 1.82) is 0 Å². The smallest absolute Gasteiger partial charge is 0.475 e. The lowest BCUT2D eigenvalue weighted by atomic mass is 9.88. The van der Waals surface area contributed by atoms with Gasteiger partial charge in [0.15, 0.2) is 5.82 Å². The highest BCUT2D eigenvalue weighted by molar-refractivity contribution is 5.73. The minimum Gasteiger partial charge on any atom is -0.475 e. The fourth-order valence-electron chi connectivity index (χ4n) is 3.88. The van der Waals surface area contributed by atoms with Crippen LogP contribution in [0.1, 0.15) is 30.7 Å². The van der Waals surface area contributed by atoms with Gasteiger partial charge in [0.1, 0.15) is 6.10 Å². The van der Waals surface area contributed by atoms with Crippen LogP contribution in [-0.2, 0) is 25.7 Å². The van der Waals surface area contributed by atoms with Crippen molar-refractivity contribution in [3.05, 3.63) is 53.7 Å². The molecule has 1 atom stereocenters. The van der Waals surface area contributed by atoms with Crippen LogP contribution in [0, 0.1) is 12.7 Å². The predicted octanol–water partition coefficient (Wildman–Crippen LogP) is 5.03. The molecular formula is C26H27F10N3O8. The van der Waals surface area contributed by atoms with Gasteiger partial charge >= 0.3 is 36.4 Å². The number of rotatable bonds is 4. The molecule has 2 saturated heterocycles. The van der Waals surface area contributed by atoms with Crippen LogP contribution in [0.3, 0.4) is 0 Å². The van der Waals surface area contributed by atoms with Gasteiger partial charge in [0, 0.05) is 37.9 Å². The second-order valence-corrected chi connectivity index (χ2v) is 9.68. The molecular weight excluding hydrogens is 672 g/mol. The number of aryl methyl sites for hydroxylation is 1. The Hall–Kier alpha value is -4.27. The van der Waals surface area contributed by atoms with Crippen LogP contribution in [0.15, 0.2) is 36.5 Å². The summed E-state index contributed by atoms with van der Waals surface area (Å²) in [5, 5.41) is 21.4. The summed E-state index contributed by atoms with van der Waals surface area (Å²) in [6.07, 6.45) is -11.1. The van der Waals surface area contributed by atoms with Crippen LogP contribution in [0.25, 0.3) is 0 Å². The number of aromatic nitrogens is 2. The zero-order chi connectivity index (χ0) is 36.2. The van der Waals surface area contributed by atoms with Crippen molar-refractivity contribution in [3.8, 4) is 5.88 Å². The Morgan fingerprint density at radius 3 is 1.81 bits per heavy atom. The average Bonchev–Trinajstić information content (AvgIpc) is 3.33. The summed E-state index contributed by atoms with van der Waals surface area (Å²) in [7, 11) is 0. The van der Waals surface area contributed by atoms with Crippen molar-refractivity contribution in [2.24, 2.45) is 0 Å². The van der Waals surface area contributed by atoms with Crippen molar-refractivity contribution in [1.82, 2.24) is 14.9 Å². The number of halogens is 10. The molecule has 1 unspecified atom stereocenters. The topological polar surface area (TPSA) is 159 Å². The van der Waals surface area contributed by atoms with Crippen LogP contribution in [0.5, 0.6) is 5.88 Å². The molecule has 0 radical (unpaired) electrons. The lowest BCUT2D eigenvalue weighted by Gasteiger charge is -2.38. The molecule has 0 aliphatic carbocycles. The van der Waals surface area contributed by atoms with Crippen LogP contribution in [0.4, 0.5) is 43.9 Å². The minimum atomic E-state index is -5.08. The van der Waals surface area contributed by atoms with Gasteiger partial charge in [0.25, 0.3) is 5.88 Å². The molecule has 47 heavy (non-hydrogen) atoms. The number of likely N-dealkylation sites (tertiary alicyclic amines) is 1. The van der Waals surface area contributed by atoms with E-state index in [1.54, 1.807) is 12.3 Å². The fraction of sp³-hybridized carbons (Fsp3) is 0.500. The van der Waals surface area contributed by atoms with Gasteiger partial charge in [-0.3, -0.25) is 9.88 Å². The predicted molar refractivity (Wildman–Crippen MR) is 136 cm³/mol. The van der Waals surface area contributed by atoms with E-state index in [0.29, 0.717) is 6.61 Å². The van der Waals surface area contributed by atoms with Gasteiger partial charge in [-0.15, -0.1) is 0 Å². The van der Waals surface area contributed by atoms with Crippen molar-refractivity contribution >= 4 is 17.9 Å². The molecule has 2 aliphatic rings. The third-order valence-corrected chi connectivity index (χ3v) is 6.00. The first-order valence-electron chi connectivity index (χ1n) is 12.9. The highest BCUT2D eigenvalue weighted by atomic mass is 19.4. The summed E-state index contributed by atoms with van der Waals surface area (Å²) < 4.78 is 121. The van der Waals surface area contributed by atoms with Crippen molar-refractivity contribution in [2.45, 2.75) is 63.0 Å². The number of hydrogen-bond donors (Lipinski definition) is 3. The molecule has 21 heteroatoms. The summed E-state index contributed by atoms with van der Waals surface area (Å²) in [4.78, 5) is 37.7. The number of carbonyl (C=O) groups is 3. The lowest BCUT2D eigenvalue weighted by molar-refractivity contribution is -0.193. The second-order valence-electron chi connectivity index (χ2n) is 9.68. The number of piperidine rings is 1. The van der Waals surface area contributed by atoms with Crippen molar-refractivity contribution < 1.29 is 83.1 Å². The van der Waals surface area contributed by atoms with Gasteiger partial charge in [-0.05, 0) is 44.0 Å². The molecule has 0 aromatic carbocycles. The molecule has 2 aromatic rings. The first kappa shape index (κ1) is 40.8. The molecule has 3 N–H and O–H groups in total. The number of hydrogen-bond acceptors (Lipinski definition) is 8. The summed E-state index contributed by atoms with van der Waals surface area (Å²) in [6.45, 7) is 5.33. The summed E-state index contributed by atoms with van der Waals surface area (Å²) in [5.41, 5.74) is 2.02. The normalized spacial score (nSPS) is 17.6. The van der Waals surface area contributed by atoms with E-state index in [-0.39, 0.29) is 17.6 Å². The number of carboxylic acids is 3. The van der Waals surface area contributed by atoms with Crippen molar-refractivity contribution in [2.75, 3.05) is 19.7 Å². The fourth-order valence-corrected chi connectivity index (χ4v) is 3.88. The first-order chi connectivity index (χ1) is 21.4. The Labute approximate surface area is 258 Å². The highest BCUT2D eigenvalue weighted by Crippen LogP contribution is 2.37. The maximum atomic E-state index is 13.7. The monoisotopic (exact) mass is 699 g/mol. The summed E-state index contributed by atoms with van der Waals surface area (Å²) in [6, 6.07) is 9.08. The first-order valence-corrected chi connectivity index (χ1v) is 12.9. The number of alkyl halides is 9. The van der Waals surface area contributed by atoms with E-state index in [0.717, 1.165) is 50.3 Å². The Morgan fingerprint density at radius 1 is 0.894 bits per heavy atom. The van der Waals surface area contributed by atoms with Gasteiger partial charge in [-0.2, -0.15) is 39.5 Å².